The zero-order valence-corrected chi connectivity index (χ0v) is 10.8. The van der Waals surface area contributed by atoms with Crippen LogP contribution in [0.2, 0.25) is 0 Å². The van der Waals surface area contributed by atoms with Crippen molar-refractivity contribution in [1.29, 1.82) is 0 Å². The number of hydrogen-bond donors (Lipinski definition) is 1. The van der Waals surface area contributed by atoms with E-state index in [4.69, 9.17) is 4.74 Å². The lowest BCUT2D eigenvalue weighted by molar-refractivity contribution is -0.0846. The Labute approximate surface area is 103 Å². The number of hydrogen-bond acceptors (Lipinski definition) is 3. The Morgan fingerprint density at radius 2 is 2.18 bits per heavy atom. The molecule has 1 N–H and O–H groups in total. The molecule has 17 heavy (non-hydrogen) atoms. The Bertz CT molecular complexity index is 392. The largest absolute Gasteiger partial charge is 0.386 e. The number of benzene rings is 1. The molecule has 1 fully saturated rings. The number of nitrogens with zero attached hydrogens (tertiary/aromatic N) is 1. The van der Waals surface area contributed by atoms with E-state index in [-0.39, 0.29) is 6.10 Å². The minimum absolute atomic E-state index is 0.116. The van der Waals surface area contributed by atoms with Gasteiger partial charge in [-0.15, -0.1) is 0 Å². The summed E-state index contributed by atoms with van der Waals surface area (Å²) in [5, 5.41) is 10.4. The monoisotopic (exact) mass is 235 g/mol. The van der Waals surface area contributed by atoms with Crippen molar-refractivity contribution in [2.45, 2.75) is 26.1 Å². The summed E-state index contributed by atoms with van der Waals surface area (Å²) >= 11 is 0. The van der Waals surface area contributed by atoms with Crippen molar-refractivity contribution in [3.05, 3.63) is 34.9 Å². The molecule has 1 heterocycles. The van der Waals surface area contributed by atoms with Crippen molar-refractivity contribution in [3.63, 3.8) is 0 Å². The summed E-state index contributed by atoms with van der Waals surface area (Å²) in [5.41, 5.74) is 3.34. The van der Waals surface area contributed by atoms with E-state index in [0.717, 1.165) is 24.2 Å². The molecule has 0 bridgehead atoms. The predicted molar refractivity (Wildman–Crippen MR) is 68.1 cm³/mol. The minimum Gasteiger partial charge on any atom is -0.386 e. The Morgan fingerprint density at radius 3 is 2.82 bits per heavy atom. The quantitative estimate of drug-likeness (QED) is 0.846. The molecule has 3 nitrogen and oxygen atoms in total. The van der Waals surface area contributed by atoms with Crippen molar-refractivity contribution < 1.29 is 9.84 Å². The van der Waals surface area contributed by atoms with E-state index < -0.39 is 6.10 Å². The highest BCUT2D eigenvalue weighted by Gasteiger charge is 2.27. The summed E-state index contributed by atoms with van der Waals surface area (Å²) in [6.07, 6.45) is -0.645. The summed E-state index contributed by atoms with van der Waals surface area (Å²) in [5.74, 6) is 0. The number of aryl methyl sites for hydroxylation is 2. The average Bonchev–Trinajstić information content (AvgIpc) is 2.28. The van der Waals surface area contributed by atoms with E-state index in [1.54, 1.807) is 0 Å². The second-order valence-electron chi connectivity index (χ2n) is 4.98. The van der Waals surface area contributed by atoms with Gasteiger partial charge in [0.2, 0.25) is 0 Å². The lowest BCUT2D eigenvalue weighted by atomic mass is 9.97. The van der Waals surface area contributed by atoms with Crippen LogP contribution in [-0.2, 0) is 4.74 Å². The summed E-state index contributed by atoms with van der Waals surface area (Å²) in [4.78, 5) is 2.20. The number of rotatable bonds is 2. The highest BCUT2D eigenvalue weighted by molar-refractivity contribution is 5.32. The van der Waals surface area contributed by atoms with Crippen LogP contribution in [0.4, 0.5) is 0 Å². The predicted octanol–water partition coefficient (Wildman–Crippen LogP) is 1.67. The highest BCUT2D eigenvalue weighted by Crippen LogP contribution is 2.25. The lowest BCUT2D eigenvalue weighted by Gasteiger charge is -2.33. The fraction of sp³-hybridized carbons (Fsp3) is 0.571. The van der Waals surface area contributed by atoms with Gasteiger partial charge in [0.05, 0.1) is 6.61 Å². The van der Waals surface area contributed by atoms with Crippen LogP contribution >= 0.6 is 0 Å². The number of aliphatic hydroxyl groups is 1. The maximum absolute atomic E-state index is 10.4. The first kappa shape index (κ1) is 12.6. The number of aliphatic hydroxyl groups excluding tert-OH is 1. The standard InChI is InChI=1S/C14H21NO2/c1-10-4-5-12(11(2)8-10)14(16)13-9-15(3)6-7-17-13/h4-5,8,13-14,16H,6-7,9H2,1-3H3. The summed E-state index contributed by atoms with van der Waals surface area (Å²) in [6, 6.07) is 6.15. The zero-order valence-electron chi connectivity index (χ0n) is 10.8. The van der Waals surface area contributed by atoms with Gasteiger partial charge in [0.15, 0.2) is 0 Å². The minimum atomic E-state index is -0.529. The van der Waals surface area contributed by atoms with Gasteiger partial charge in [0, 0.05) is 13.1 Å². The van der Waals surface area contributed by atoms with Gasteiger partial charge in [0.25, 0.3) is 0 Å². The Morgan fingerprint density at radius 1 is 1.41 bits per heavy atom. The number of likely N-dealkylation sites (N-methyl/N-ethyl adjacent to an activating group) is 1. The second kappa shape index (κ2) is 5.17. The molecule has 1 aromatic rings. The molecule has 0 aliphatic carbocycles. The Hall–Kier alpha value is -0.900. The van der Waals surface area contributed by atoms with Gasteiger partial charge < -0.3 is 14.7 Å². The summed E-state index contributed by atoms with van der Waals surface area (Å²) in [6.45, 7) is 6.53. The third kappa shape index (κ3) is 2.86. The van der Waals surface area contributed by atoms with E-state index in [1.807, 2.05) is 19.1 Å². The van der Waals surface area contributed by atoms with Crippen LogP contribution in [0.1, 0.15) is 22.8 Å². The van der Waals surface area contributed by atoms with Crippen molar-refractivity contribution >= 4 is 0 Å². The highest BCUT2D eigenvalue weighted by atomic mass is 16.5. The first-order chi connectivity index (χ1) is 8.08. The van der Waals surface area contributed by atoms with E-state index in [0.29, 0.717) is 6.61 Å². The normalized spacial score (nSPS) is 23.6. The molecule has 1 aliphatic heterocycles. The maximum Gasteiger partial charge on any atom is 0.107 e. The van der Waals surface area contributed by atoms with Gasteiger partial charge in [0.1, 0.15) is 12.2 Å². The Kier molecular flexibility index (Phi) is 3.82. The molecule has 0 amide bonds. The third-order valence-corrected chi connectivity index (χ3v) is 3.39. The average molecular weight is 235 g/mol. The molecule has 0 aromatic heterocycles. The van der Waals surface area contributed by atoms with Gasteiger partial charge in [-0.1, -0.05) is 23.8 Å². The van der Waals surface area contributed by atoms with E-state index >= 15 is 0 Å². The first-order valence-corrected chi connectivity index (χ1v) is 6.13. The fourth-order valence-corrected chi connectivity index (χ4v) is 2.36. The molecular formula is C14H21NO2. The van der Waals surface area contributed by atoms with Gasteiger partial charge in [-0.25, -0.2) is 0 Å². The van der Waals surface area contributed by atoms with Crippen LogP contribution < -0.4 is 0 Å². The van der Waals surface area contributed by atoms with Crippen LogP contribution in [-0.4, -0.2) is 42.9 Å². The molecule has 2 rings (SSSR count). The molecule has 0 spiro atoms. The van der Waals surface area contributed by atoms with Crippen LogP contribution in [0.5, 0.6) is 0 Å². The molecule has 3 heteroatoms. The van der Waals surface area contributed by atoms with Crippen molar-refractivity contribution in [1.82, 2.24) is 4.90 Å². The van der Waals surface area contributed by atoms with Gasteiger partial charge >= 0.3 is 0 Å². The molecule has 2 atom stereocenters. The Balaban J connectivity index is 2.15. The summed E-state index contributed by atoms with van der Waals surface area (Å²) in [7, 11) is 2.06. The van der Waals surface area contributed by atoms with Gasteiger partial charge in [-0.2, -0.15) is 0 Å². The third-order valence-electron chi connectivity index (χ3n) is 3.39. The van der Waals surface area contributed by atoms with E-state index in [2.05, 4.69) is 24.9 Å². The molecule has 0 saturated carbocycles. The van der Waals surface area contributed by atoms with Crippen LogP contribution in [0, 0.1) is 13.8 Å². The SMILES string of the molecule is Cc1ccc(C(O)C2CN(C)CCO2)c(C)c1. The summed E-state index contributed by atoms with van der Waals surface area (Å²) < 4.78 is 5.66. The van der Waals surface area contributed by atoms with Crippen LogP contribution in [0.15, 0.2) is 18.2 Å². The van der Waals surface area contributed by atoms with E-state index in [9.17, 15) is 5.11 Å². The van der Waals surface area contributed by atoms with Crippen LogP contribution in [0.3, 0.4) is 0 Å². The molecule has 1 aromatic carbocycles. The van der Waals surface area contributed by atoms with Crippen LogP contribution in [0.25, 0.3) is 0 Å². The molecular weight excluding hydrogens is 214 g/mol. The number of morpholine rings is 1. The van der Waals surface area contributed by atoms with E-state index in [1.165, 1.54) is 5.56 Å². The van der Waals surface area contributed by atoms with Gasteiger partial charge in [-0.05, 0) is 32.0 Å². The molecule has 1 aliphatic rings. The van der Waals surface area contributed by atoms with Crippen molar-refractivity contribution in [2.24, 2.45) is 0 Å². The molecule has 94 valence electrons. The topological polar surface area (TPSA) is 32.7 Å². The zero-order chi connectivity index (χ0) is 12.4. The molecule has 0 radical (unpaired) electrons. The maximum atomic E-state index is 10.4. The smallest absolute Gasteiger partial charge is 0.107 e. The van der Waals surface area contributed by atoms with Crippen molar-refractivity contribution in [3.8, 4) is 0 Å². The number of ether oxygens (including phenoxy) is 1. The van der Waals surface area contributed by atoms with Crippen molar-refractivity contribution in [2.75, 3.05) is 26.7 Å². The first-order valence-electron chi connectivity index (χ1n) is 6.13. The second-order valence-corrected chi connectivity index (χ2v) is 4.98. The fourth-order valence-electron chi connectivity index (χ4n) is 2.36. The lowest BCUT2D eigenvalue weighted by Crippen LogP contribution is -2.43. The molecule has 1 saturated heterocycles. The van der Waals surface area contributed by atoms with Gasteiger partial charge in [-0.3, -0.25) is 0 Å². The molecule has 2 unspecified atom stereocenters.